The second-order valence-electron chi connectivity index (χ2n) is 3.83. The first kappa shape index (κ1) is 8.05. The molecule has 1 fully saturated rings. The number of carbonyl (C=O) groups is 1. The Morgan fingerprint density at radius 2 is 2.57 bits per heavy atom. The van der Waals surface area contributed by atoms with E-state index in [1.54, 1.807) is 0 Å². The first-order valence-corrected chi connectivity index (χ1v) is 4.94. The Labute approximate surface area is 82.0 Å². The molecule has 4 nitrogen and oxygen atoms in total. The van der Waals surface area contributed by atoms with Crippen LogP contribution >= 0.6 is 0 Å². The lowest BCUT2D eigenvalue weighted by atomic mass is 10.1. The second-order valence-corrected chi connectivity index (χ2v) is 3.83. The maximum Gasteiger partial charge on any atom is 0.356 e. The average molecular weight is 192 g/mol. The zero-order valence-corrected chi connectivity index (χ0v) is 7.96. The van der Waals surface area contributed by atoms with Gasteiger partial charge in [-0.25, -0.2) is 10.2 Å². The molecule has 0 spiro atoms. The lowest BCUT2D eigenvalue weighted by Gasteiger charge is -2.05. The first-order chi connectivity index (χ1) is 6.81. The highest BCUT2D eigenvalue weighted by Crippen LogP contribution is 2.50. The van der Waals surface area contributed by atoms with Crippen LogP contribution in [0.3, 0.4) is 0 Å². The minimum atomic E-state index is -0.254. The number of nitrogens with one attached hydrogen (secondary N) is 2. The molecular weight excluding hydrogens is 180 g/mol. The van der Waals surface area contributed by atoms with Crippen molar-refractivity contribution < 1.29 is 9.53 Å². The van der Waals surface area contributed by atoms with E-state index in [0.717, 1.165) is 5.57 Å². The van der Waals surface area contributed by atoms with Crippen molar-refractivity contribution in [3.05, 3.63) is 22.9 Å². The summed E-state index contributed by atoms with van der Waals surface area (Å²) in [6, 6.07) is 0.310. The smallest absolute Gasteiger partial charge is 0.356 e. The van der Waals surface area contributed by atoms with Crippen molar-refractivity contribution in [3.8, 4) is 0 Å². The largest absolute Gasteiger partial charge is 0.461 e. The zero-order valence-electron chi connectivity index (χ0n) is 7.96. The van der Waals surface area contributed by atoms with Gasteiger partial charge in [0.1, 0.15) is 5.70 Å². The van der Waals surface area contributed by atoms with Crippen LogP contribution in [0.2, 0.25) is 0 Å². The van der Waals surface area contributed by atoms with Crippen LogP contribution in [0.5, 0.6) is 0 Å². The molecule has 0 aromatic rings. The van der Waals surface area contributed by atoms with Crippen molar-refractivity contribution in [2.75, 3.05) is 6.61 Å². The zero-order chi connectivity index (χ0) is 9.71. The Bertz CT molecular complexity index is 370. The SMILES string of the molecule is CCOC(=O)C1=C2C=C3CC3C2NN1. The molecule has 0 amide bonds. The molecule has 0 saturated heterocycles. The highest BCUT2D eigenvalue weighted by molar-refractivity contribution is 5.90. The van der Waals surface area contributed by atoms with Gasteiger partial charge in [0.15, 0.2) is 0 Å². The number of rotatable bonds is 2. The summed E-state index contributed by atoms with van der Waals surface area (Å²) in [5.74, 6) is 0.375. The maximum atomic E-state index is 11.5. The number of esters is 1. The Morgan fingerprint density at radius 1 is 1.71 bits per heavy atom. The molecule has 74 valence electrons. The Kier molecular flexibility index (Phi) is 1.50. The molecule has 0 aromatic heterocycles. The first-order valence-electron chi connectivity index (χ1n) is 4.94. The number of ether oxygens (including phenoxy) is 1. The van der Waals surface area contributed by atoms with Crippen LogP contribution in [0.4, 0.5) is 0 Å². The third-order valence-corrected chi connectivity index (χ3v) is 2.97. The van der Waals surface area contributed by atoms with E-state index in [4.69, 9.17) is 4.74 Å². The van der Waals surface area contributed by atoms with Gasteiger partial charge in [-0.1, -0.05) is 11.6 Å². The fourth-order valence-corrected chi connectivity index (χ4v) is 2.20. The van der Waals surface area contributed by atoms with Crippen LogP contribution in [0.25, 0.3) is 0 Å². The number of hydrogen-bond acceptors (Lipinski definition) is 4. The molecule has 2 atom stereocenters. The van der Waals surface area contributed by atoms with Gasteiger partial charge in [0.25, 0.3) is 0 Å². The summed E-state index contributed by atoms with van der Waals surface area (Å²) in [6.07, 6.45) is 3.30. The summed E-state index contributed by atoms with van der Waals surface area (Å²) < 4.78 is 4.96. The van der Waals surface area contributed by atoms with E-state index in [2.05, 4.69) is 16.9 Å². The lowest BCUT2D eigenvalue weighted by Crippen LogP contribution is -2.34. The second kappa shape index (κ2) is 2.60. The monoisotopic (exact) mass is 192 g/mol. The Balaban J connectivity index is 1.89. The number of hydrazine groups is 1. The fraction of sp³-hybridized carbons (Fsp3) is 0.500. The molecule has 3 aliphatic rings. The fourth-order valence-electron chi connectivity index (χ4n) is 2.20. The van der Waals surface area contributed by atoms with E-state index < -0.39 is 0 Å². The summed E-state index contributed by atoms with van der Waals surface area (Å²) in [4.78, 5) is 11.5. The molecule has 14 heavy (non-hydrogen) atoms. The molecule has 2 unspecified atom stereocenters. The van der Waals surface area contributed by atoms with Crippen LogP contribution in [0, 0.1) is 5.92 Å². The summed E-state index contributed by atoms with van der Waals surface area (Å²) in [7, 11) is 0. The molecule has 2 N–H and O–H groups in total. The predicted octanol–water partition coefficient (Wildman–Crippen LogP) is 0.240. The number of fused-ring (bicyclic) bond motifs is 3. The van der Waals surface area contributed by atoms with E-state index in [0.29, 0.717) is 24.3 Å². The average Bonchev–Trinajstić information content (AvgIpc) is 2.67. The molecule has 4 heteroatoms. The van der Waals surface area contributed by atoms with E-state index in [1.807, 2.05) is 6.92 Å². The quantitative estimate of drug-likeness (QED) is 0.615. The third kappa shape index (κ3) is 0.944. The van der Waals surface area contributed by atoms with Gasteiger partial charge < -0.3 is 10.2 Å². The van der Waals surface area contributed by atoms with Gasteiger partial charge in [0.05, 0.1) is 12.6 Å². The van der Waals surface area contributed by atoms with Crippen molar-refractivity contribution in [2.45, 2.75) is 19.4 Å². The molecule has 0 radical (unpaired) electrons. The van der Waals surface area contributed by atoms with Gasteiger partial charge in [0.2, 0.25) is 0 Å². The summed E-state index contributed by atoms with van der Waals surface area (Å²) in [6.45, 7) is 2.23. The van der Waals surface area contributed by atoms with Crippen molar-refractivity contribution in [3.63, 3.8) is 0 Å². The van der Waals surface area contributed by atoms with Crippen LogP contribution < -0.4 is 10.9 Å². The van der Waals surface area contributed by atoms with E-state index in [-0.39, 0.29) is 5.97 Å². The molecule has 0 bridgehead atoms. The van der Waals surface area contributed by atoms with Crippen LogP contribution in [0.15, 0.2) is 22.9 Å². The normalized spacial score (nSPS) is 31.9. The minimum absolute atomic E-state index is 0.254. The van der Waals surface area contributed by atoms with Gasteiger partial charge in [-0.2, -0.15) is 0 Å². The molecule has 1 aliphatic heterocycles. The van der Waals surface area contributed by atoms with Gasteiger partial charge in [-0.15, -0.1) is 0 Å². The molecular formula is C10H12N2O2. The van der Waals surface area contributed by atoms with E-state index in [9.17, 15) is 4.79 Å². The standard InChI is InChI=1S/C10H12N2O2/c1-2-14-10(13)9-7-4-5-3-6(5)8(7)11-12-9/h4,6,8,11-12H,2-3H2,1H3. The minimum Gasteiger partial charge on any atom is -0.461 e. The van der Waals surface area contributed by atoms with Crippen LogP contribution in [-0.4, -0.2) is 18.6 Å². The Morgan fingerprint density at radius 3 is 3.36 bits per heavy atom. The van der Waals surface area contributed by atoms with E-state index in [1.165, 1.54) is 12.0 Å². The molecule has 0 aromatic carbocycles. The van der Waals surface area contributed by atoms with Gasteiger partial charge >= 0.3 is 5.97 Å². The molecule has 3 rings (SSSR count). The van der Waals surface area contributed by atoms with Crippen LogP contribution in [0.1, 0.15) is 13.3 Å². The van der Waals surface area contributed by atoms with Crippen molar-refractivity contribution >= 4 is 5.97 Å². The Hall–Kier alpha value is -1.29. The highest BCUT2D eigenvalue weighted by Gasteiger charge is 2.48. The maximum absolute atomic E-state index is 11.5. The lowest BCUT2D eigenvalue weighted by molar-refractivity contribution is -0.138. The predicted molar refractivity (Wildman–Crippen MR) is 49.9 cm³/mol. The summed E-state index contributed by atoms with van der Waals surface area (Å²) >= 11 is 0. The van der Waals surface area contributed by atoms with Crippen LogP contribution in [-0.2, 0) is 9.53 Å². The number of carbonyl (C=O) groups excluding carboxylic acids is 1. The summed E-state index contributed by atoms with van der Waals surface area (Å²) in [5.41, 5.74) is 9.16. The van der Waals surface area contributed by atoms with Gasteiger partial charge in [-0.3, -0.25) is 0 Å². The van der Waals surface area contributed by atoms with Crippen molar-refractivity contribution in [2.24, 2.45) is 5.92 Å². The summed E-state index contributed by atoms with van der Waals surface area (Å²) in [5, 5.41) is 0. The van der Waals surface area contributed by atoms with Gasteiger partial charge in [-0.05, 0) is 13.3 Å². The highest BCUT2D eigenvalue weighted by atomic mass is 16.5. The molecule has 2 aliphatic carbocycles. The topological polar surface area (TPSA) is 50.4 Å². The van der Waals surface area contributed by atoms with E-state index >= 15 is 0 Å². The third-order valence-electron chi connectivity index (χ3n) is 2.97. The number of hydrogen-bond donors (Lipinski definition) is 2. The molecule has 1 heterocycles. The van der Waals surface area contributed by atoms with Crippen molar-refractivity contribution in [1.29, 1.82) is 0 Å². The van der Waals surface area contributed by atoms with Crippen molar-refractivity contribution in [1.82, 2.24) is 10.9 Å². The van der Waals surface area contributed by atoms with Gasteiger partial charge in [0, 0.05) is 11.5 Å². The molecule has 1 saturated carbocycles.